The molecule has 1 aromatic carbocycles. The third kappa shape index (κ3) is 3.67. The predicted molar refractivity (Wildman–Crippen MR) is 76.6 cm³/mol. The summed E-state index contributed by atoms with van der Waals surface area (Å²) in [6.45, 7) is 3.97. The molecule has 1 saturated heterocycles. The van der Waals surface area contributed by atoms with E-state index in [1.54, 1.807) is 13.0 Å². The van der Waals surface area contributed by atoms with Crippen molar-refractivity contribution >= 4 is 11.4 Å². The van der Waals surface area contributed by atoms with E-state index in [1.165, 1.54) is 6.42 Å². The Balaban J connectivity index is 2.06. The second-order valence-electron chi connectivity index (χ2n) is 5.33. The van der Waals surface area contributed by atoms with Gasteiger partial charge in [0.25, 0.3) is 5.69 Å². The summed E-state index contributed by atoms with van der Waals surface area (Å²) < 4.78 is 0. The Hall–Kier alpha value is -1.62. The smallest absolute Gasteiger partial charge is 0.274 e. The zero-order valence-corrected chi connectivity index (χ0v) is 11.6. The lowest BCUT2D eigenvalue weighted by Crippen LogP contribution is -2.23. The standard InChI is InChI=1S/C14H21N3O2/c1-11-5-6-13(10-14(11)17(18)19)15-12-4-3-8-16(2)9-7-12/h5-6,10,12,15H,3-4,7-9H2,1-2H3. The van der Waals surface area contributed by atoms with Crippen LogP contribution in [0.3, 0.4) is 0 Å². The summed E-state index contributed by atoms with van der Waals surface area (Å²) in [5.74, 6) is 0. The van der Waals surface area contributed by atoms with Crippen LogP contribution >= 0.6 is 0 Å². The van der Waals surface area contributed by atoms with E-state index in [1.807, 2.05) is 12.1 Å². The second kappa shape index (κ2) is 6.02. The van der Waals surface area contributed by atoms with Crippen LogP contribution < -0.4 is 5.32 Å². The molecule has 0 bridgehead atoms. The van der Waals surface area contributed by atoms with Gasteiger partial charge in [0, 0.05) is 23.4 Å². The molecule has 1 aliphatic heterocycles. The van der Waals surface area contributed by atoms with Gasteiger partial charge < -0.3 is 10.2 Å². The fraction of sp³-hybridized carbons (Fsp3) is 0.571. The predicted octanol–water partition coefficient (Wildman–Crippen LogP) is 2.80. The van der Waals surface area contributed by atoms with Gasteiger partial charge in [0.1, 0.15) is 0 Å². The number of aryl methyl sites for hydroxylation is 1. The van der Waals surface area contributed by atoms with Gasteiger partial charge in [-0.3, -0.25) is 10.1 Å². The van der Waals surface area contributed by atoms with E-state index in [2.05, 4.69) is 17.3 Å². The molecule has 1 heterocycles. The number of nitrogens with one attached hydrogen (secondary N) is 1. The maximum absolute atomic E-state index is 10.9. The van der Waals surface area contributed by atoms with Gasteiger partial charge in [-0.1, -0.05) is 6.07 Å². The normalized spacial score (nSPS) is 20.8. The van der Waals surface area contributed by atoms with Crippen molar-refractivity contribution in [2.75, 3.05) is 25.5 Å². The Morgan fingerprint density at radius 1 is 1.37 bits per heavy atom. The average molecular weight is 263 g/mol. The highest BCUT2D eigenvalue weighted by atomic mass is 16.6. The molecule has 19 heavy (non-hydrogen) atoms. The summed E-state index contributed by atoms with van der Waals surface area (Å²) in [5.41, 5.74) is 1.75. The van der Waals surface area contributed by atoms with Crippen LogP contribution in [-0.4, -0.2) is 36.0 Å². The van der Waals surface area contributed by atoms with Gasteiger partial charge in [-0.05, 0) is 52.4 Å². The first-order valence-electron chi connectivity index (χ1n) is 6.76. The fourth-order valence-electron chi connectivity index (χ4n) is 2.52. The first-order valence-corrected chi connectivity index (χ1v) is 6.76. The van der Waals surface area contributed by atoms with Crippen molar-refractivity contribution in [3.05, 3.63) is 33.9 Å². The number of anilines is 1. The summed E-state index contributed by atoms with van der Waals surface area (Å²) >= 11 is 0. The minimum Gasteiger partial charge on any atom is -0.382 e. The second-order valence-corrected chi connectivity index (χ2v) is 5.33. The summed E-state index contributed by atoms with van der Waals surface area (Å²) in [6.07, 6.45) is 3.37. The largest absolute Gasteiger partial charge is 0.382 e. The molecule has 0 radical (unpaired) electrons. The molecule has 1 fully saturated rings. The van der Waals surface area contributed by atoms with E-state index in [4.69, 9.17) is 0 Å². The number of hydrogen-bond donors (Lipinski definition) is 1. The Morgan fingerprint density at radius 2 is 2.16 bits per heavy atom. The van der Waals surface area contributed by atoms with Gasteiger partial charge in [-0.25, -0.2) is 0 Å². The molecule has 1 atom stereocenters. The van der Waals surface area contributed by atoms with Crippen LogP contribution in [0.25, 0.3) is 0 Å². The molecule has 2 rings (SSSR count). The van der Waals surface area contributed by atoms with E-state index >= 15 is 0 Å². The van der Waals surface area contributed by atoms with E-state index in [9.17, 15) is 10.1 Å². The highest BCUT2D eigenvalue weighted by molar-refractivity contribution is 5.55. The molecule has 5 nitrogen and oxygen atoms in total. The van der Waals surface area contributed by atoms with Crippen molar-refractivity contribution < 1.29 is 4.92 Å². The molecule has 0 spiro atoms. The topological polar surface area (TPSA) is 58.4 Å². The highest BCUT2D eigenvalue weighted by Gasteiger charge is 2.16. The SMILES string of the molecule is Cc1ccc(NC2CCCN(C)CC2)cc1[N+](=O)[O-]. The van der Waals surface area contributed by atoms with Gasteiger partial charge in [0.15, 0.2) is 0 Å². The van der Waals surface area contributed by atoms with Crippen molar-refractivity contribution in [2.45, 2.75) is 32.2 Å². The Labute approximate surface area is 113 Å². The minimum atomic E-state index is -0.318. The fourth-order valence-corrected chi connectivity index (χ4v) is 2.52. The van der Waals surface area contributed by atoms with Crippen LogP contribution in [0, 0.1) is 17.0 Å². The summed E-state index contributed by atoms with van der Waals surface area (Å²) in [4.78, 5) is 12.9. The minimum absolute atomic E-state index is 0.190. The van der Waals surface area contributed by atoms with E-state index in [0.29, 0.717) is 11.6 Å². The number of hydrogen-bond acceptors (Lipinski definition) is 4. The molecule has 1 aliphatic rings. The van der Waals surface area contributed by atoms with Crippen LogP contribution in [0.5, 0.6) is 0 Å². The first kappa shape index (κ1) is 13.8. The lowest BCUT2D eigenvalue weighted by Gasteiger charge is -2.18. The molecular weight excluding hydrogens is 242 g/mol. The monoisotopic (exact) mass is 263 g/mol. The van der Waals surface area contributed by atoms with Crippen LogP contribution in [-0.2, 0) is 0 Å². The van der Waals surface area contributed by atoms with Crippen molar-refractivity contribution in [3.8, 4) is 0 Å². The van der Waals surface area contributed by atoms with E-state index in [-0.39, 0.29) is 10.6 Å². The van der Waals surface area contributed by atoms with E-state index < -0.39 is 0 Å². The summed E-state index contributed by atoms with van der Waals surface area (Å²) in [5, 5.41) is 14.4. The highest BCUT2D eigenvalue weighted by Crippen LogP contribution is 2.24. The molecule has 0 aliphatic carbocycles. The zero-order chi connectivity index (χ0) is 13.8. The third-order valence-electron chi connectivity index (χ3n) is 3.73. The number of likely N-dealkylation sites (tertiary alicyclic amines) is 1. The number of nitro groups is 1. The van der Waals surface area contributed by atoms with Gasteiger partial charge in [0.05, 0.1) is 4.92 Å². The van der Waals surface area contributed by atoms with Crippen LogP contribution in [0.15, 0.2) is 18.2 Å². The lowest BCUT2D eigenvalue weighted by atomic mass is 10.1. The summed E-state index contributed by atoms with van der Waals surface area (Å²) in [6, 6.07) is 5.79. The molecular formula is C14H21N3O2. The molecule has 0 aromatic heterocycles. The Kier molecular flexibility index (Phi) is 4.37. The molecule has 5 heteroatoms. The van der Waals surface area contributed by atoms with Gasteiger partial charge >= 0.3 is 0 Å². The maximum Gasteiger partial charge on any atom is 0.274 e. The van der Waals surface area contributed by atoms with Gasteiger partial charge in [0.2, 0.25) is 0 Å². The van der Waals surface area contributed by atoms with Crippen molar-refractivity contribution in [1.82, 2.24) is 4.90 Å². The summed E-state index contributed by atoms with van der Waals surface area (Å²) in [7, 11) is 2.14. The molecule has 0 saturated carbocycles. The number of nitro benzene ring substituents is 1. The van der Waals surface area contributed by atoms with Crippen molar-refractivity contribution in [3.63, 3.8) is 0 Å². The average Bonchev–Trinajstić information content (AvgIpc) is 2.56. The first-order chi connectivity index (χ1) is 9.06. The van der Waals surface area contributed by atoms with Crippen LogP contribution in [0.4, 0.5) is 11.4 Å². The maximum atomic E-state index is 10.9. The molecule has 1 unspecified atom stereocenters. The number of rotatable bonds is 3. The zero-order valence-electron chi connectivity index (χ0n) is 11.6. The van der Waals surface area contributed by atoms with Crippen molar-refractivity contribution in [2.24, 2.45) is 0 Å². The number of nitrogens with zero attached hydrogens (tertiary/aromatic N) is 2. The van der Waals surface area contributed by atoms with E-state index in [0.717, 1.165) is 31.6 Å². The van der Waals surface area contributed by atoms with Crippen molar-refractivity contribution in [1.29, 1.82) is 0 Å². The molecule has 1 aromatic rings. The Bertz CT molecular complexity index is 462. The quantitative estimate of drug-likeness (QED) is 0.673. The molecule has 1 N–H and O–H groups in total. The van der Waals surface area contributed by atoms with Crippen LogP contribution in [0.1, 0.15) is 24.8 Å². The lowest BCUT2D eigenvalue weighted by molar-refractivity contribution is -0.385. The van der Waals surface area contributed by atoms with Gasteiger partial charge in [-0.15, -0.1) is 0 Å². The molecule has 0 amide bonds. The van der Waals surface area contributed by atoms with Gasteiger partial charge in [-0.2, -0.15) is 0 Å². The van der Waals surface area contributed by atoms with Crippen LogP contribution in [0.2, 0.25) is 0 Å². The molecule has 104 valence electrons. The number of benzene rings is 1. The third-order valence-corrected chi connectivity index (χ3v) is 3.73. The Morgan fingerprint density at radius 3 is 2.89 bits per heavy atom.